The number of nitrogens with one attached hydrogen (secondary N) is 2. The van der Waals surface area contributed by atoms with E-state index in [0.717, 1.165) is 5.56 Å². The summed E-state index contributed by atoms with van der Waals surface area (Å²) < 4.78 is 10.9. The van der Waals surface area contributed by atoms with Gasteiger partial charge in [0.1, 0.15) is 11.8 Å². The second-order valence-electron chi connectivity index (χ2n) is 7.93. The molecule has 4 atom stereocenters. The number of carbonyl (C=O) groups is 1. The van der Waals surface area contributed by atoms with Crippen LogP contribution in [0.15, 0.2) is 12.5 Å². The Bertz CT molecular complexity index is 816. The van der Waals surface area contributed by atoms with Crippen LogP contribution in [-0.4, -0.2) is 51.1 Å². The van der Waals surface area contributed by atoms with E-state index in [1.54, 1.807) is 33.9 Å². The summed E-state index contributed by atoms with van der Waals surface area (Å²) in [7, 11) is 0. The summed E-state index contributed by atoms with van der Waals surface area (Å²) in [5.74, 6) is 0.0523. The van der Waals surface area contributed by atoms with Gasteiger partial charge in [0.15, 0.2) is 12.1 Å². The number of aromatic nitrogens is 3. The first-order valence-corrected chi connectivity index (χ1v) is 9.01. The highest BCUT2D eigenvalue weighted by Gasteiger charge is 2.36. The number of aromatic amines is 1. The van der Waals surface area contributed by atoms with Crippen molar-refractivity contribution in [1.29, 1.82) is 0 Å². The van der Waals surface area contributed by atoms with Crippen molar-refractivity contribution in [2.24, 2.45) is 5.41 Å². The van der Waals surface area contributed by atoms with Crippen molar-refractivity contribution in [3.63, 3.8) is 0 Å². The number of ether oxygens (including phenoxy) is 2. The molecule has 1 aliphatic heterocycles. The Kier molecular flexibility index (Phi) is 5.36. The van der Waals surface area contributed by atoms with E-state index in [9.17, 15) is 9.90 Å². The number of hydrogen-bond donors (Lipinski definition) is 4. The molecule has 4 unspecified atom stereocenters. The van der Waals surface area contributed by atoms with Crippen LogP contribution in [-0.2, 0) is 14.3 Å². The lowest BCUT2D eigenvalue weighted by Gasteiger charge is -2.22. The largest absolute Gasteiger partial charge is 0.436 e. The summed E-state index contributed by atoms with van der Waals surface area (Å²) in [6, 6.07) is -0.376. The number of rotatable bonds is 5. The number of nitrogens with two attached hydrogens (primary N) is 1. The fourth-order valence-corrected chi connectivity index (χ4v) is 3.10. The van der Waals surface area contributed by atoms with Gasteiger partial charge in [0.05, 0.1) is 29.7 Å². The van der Waals surface area contributed by atoms with E-state index in [1.165, 1.54) is 6.33 Å². The topological polar surface area (TPSA) is 135 Å². The molecule has 0 aliphatic carbocycles. The number of fused-ring (bicyclic) bond motifs is 1. The molecule has 1 saturated heterocycles. The maximum atomic E-state index is 11.9. The molecule has 9 heteroatoms. The number of carbonyl (C=O) groups excluding carboxylic acids is 1. The molecule has 2 aromatic heterocycles. The van der Waals surface area contributed by atoms with Crippen molar-refractivity contribution in [1.82, 2.24) is 20.3 Å². The Morgan fingerprint density at radius 3 is 2.89 bits per heavy atom. The number of nitrogens with zero attached hydrogens (tertiary/aromatic N) is 2. The third-order valence-electron chi connectivity index (χ3n) is 4.60. The standard InChI is InChI=1S/C18H27N5O4/c1-9(27-17(25)18(2,3)4)26-7-10-5-12(24)13(23-10)11-6-20-15-14(11)21-8-22-16(15)19/h6,8-10,12-13,20,23-24H,5,7H2,1-4H3,(H2,19,21,22). The van der Waals surface area contributed by atoms with Gasteiger partial charge in [-0.1, -0.05) is 0 Å². The Hall–Kier alpha value is -2.23. The fraction of sp³-hybridized carbons (Fsp3) is 0.611. The van der Waals surface area contributed by atoms with Gasteiger partial charge in [0.2, 0.25) is 0 Å². The van der Waals surface area contributed by atoms with Gasteiger partial charge >= 0.3 is 5.97 Å². The zero-order valence-electron chi connectivity index (χ0n) is 16.0. The maximum absolute atomic E-state index is 11.9. The normalized spacial score (nSPS) is 24.3. The molecule has 0 radical (unpaired) electrons. The molecule has 27 heavy (non-hydrogen) atoms. The van der Waals surface area contributed by atoms with E-state index in [4.69, 9.17) is 15.2 Å². The molecular weight excluding hydrogens is 350 g/mol. The van der Waals surface area contributed by atoms with Crippen LogP contribution in [0, 0.1) is 5.41 Å². The number of esters is 1. The van der Waals surface area contributed by atoms with Crippen molar-refractivity contribution in [2.75, 3.05) is 12.3 Å². The number of aliphatic hydroxyl groups is 1. The molecule has 5 N–H and O–H groups in total. The Morgan fingerprint density at radius 1 is 1.44 bits per heavy atom. The van der Waals surface area contributed by atoms with Crippen molar-refractivity contribution in [3.05, 3.63) is 18.1 Å². The van der Waals surface area contributed by atoms with Crippen LogP contribution in [0.3, 0.4) is 0 Å². The lowest BCUT2D eigenvalue weighted by molar-refractivity contribution is -0.184. The van der Waals surface area contributed by atoms with E-state index >= 15 is 0 Å². The first-order valence-electron chi connectivity index (χ1n) is 9.01. The highest BCUT2D eigenvalue weighted by molar-refractivity contribution is 5.87. The number of anilines is 1. The molecule has 3 heterocycles. The van der Waals surface area contributed by atoms with Gasteiger partial charge in [-0.2, -0.15) is 0 Å². The molecule has 148 valence electrons. The SMILES string of the molecule is CC(OCC1CC(O)C(c2c[nH]c3c(N)ncnc23)N1)OC(=O)C(C)(C)C. The summed E-state index contributed by atoms with van der Waals surface area (Å²) in [5.41, 5.74) is 7.45. The summed E-state index contributed by atoms with van der Waals surface area (Å²) >= 11 is 0. The number of aliphatic hydroxyl groups excluding tert-OH is 1. The summed E-state index contributed by atoms with van der Waals surface area (Å²) in [6.07, 6.45) is 2.45. The quantitative estimate of drug-likeness (QED) is 0.452. The molecule has 0 aromatic carbocycles. The van der Waals surface area contributed by atoms with Gasteiger partial charge in [-0.15, -0.1) is 0 Å². The number of hydrogen-bond acceptors (Lipinski definition) is 8. The maximum Gasteiger partial charge on any atom is 0.313 e. The van der Waals surface area contributed by atoms with Crippen molar-refractivity contribution < 1.29 is 19.4 Å². The third kappa shape index (κ3) is 4.20. The molecule has 2 aromatic rings. The van der Waals surface area contributed by atoms with Gasteiger partial charge in [-0.05, 0) is 34.1 Å². The Labute approximate surface area is 157 Å². The van der Waals surface area contributed by atoms with Crippen LogP contribution in [0.5, 0.6) is 0 Å². The van der Waals surface area contributed by atoms with Crippen LogP contribution < -0.4 is 11.1 Å². The molecule has 0 spiro atoms. The number of H-pyrrole nitrogens is 1. The summed E-state index contributed by atoms with van der Waals surface area (Å²) in [4.78, 5) is 23.2. The smallest absolute Gasteiger partial charge is 0.313 e. The zero-order chi connectivity index (χ0) is 19.8. The summed E-state index contributed by atoms with van der Waals surface area (Å²) in [5, 5.41) is 13.8. The minimum Gasteiger partial charge on any atom is -0.436 e. The van der Waals surface area contributed by atoms with Gasteiger partial charge in [-0.25, -0.2) is 9.97 Å². The monoisotopic (exact) mass is 377 g/mol. The van der Waals surface area contributed by atoms with Crippen molar-refractivity contribution >= 4 is 22.8 Å². The molecule has 3 rings (SSSR count). The average Bonchev–Trinajstić information content (AvgIpc) is 3.16. The Balaban J connectivity index is 1.60. The predicted molar refractivity (Wildman–Crippen MR) is 99.6 cm³/mol. The van der Waals surface area contributed by atoms with Crippen LogP contribution in [0.25, 0.3) is 11.0 Å². The fourth-order valence-electron chi connectivity index (χ4n) is 3.10. The van der Waals surface area contributed by atoms with Crippen molar-refractivity contribution in [3.8, 4) is 0 Å². The summed E-state index contributed by atoms with van der Waals surface area (Å²) in [6.45, 7) is 7.37. The molecule has 9 nitrogen and oxygen atoms in total. The molecule has 1 fully saturated rings. The Morgan fingerprint density at radius 2 is 2.19 bits per heavy atom. The second kappa shape index (κ2) is 7.41. The first-order chi connectivity index (χ1) is 12.7. The van der Waals surface area contributed by atoms with Gasteiger partial charge in [0, 0.05) is 17.8 Å². The van der Waals surface area contributed by atoms with E-state index in [-0.39, 0.29) is 18.1 Å². The minimum atomic E-state index is -0.657. The van der Waals surface area contributed by atoms with Gasteiger partial charge < -0.3 is 30.6 Å². The molecule has 0 saturated carbocycles. The van der Waals surface area contributed by atoms with Gasteiger partial charge in [0.25, 0.3) is 0 Å². The third-order valence-corrected chi connectivity index (χ3v) is 4.60. The van der Waals surface area contributed by atoms with Crippen LogP contribution in [0.4, 0.5) is 5.82 Å². The number of nitrogen functional groups attached to an aromatic ring is 1. The van der Waals surface area contributed by atoms with E-state index in [0.29, 0.717) is 29.9 Å². The minimum absolute atomic E-state index is 0.0788. The van der Waals surface area contributed by atoms with Gasteiger partial charge in [-0.3, -0.25) is 4.79 Å². The first kappa shape index (κ1) is 19.5. The molecule has 0 amide bonds. The lowest BCUT2D eigenvalue weighted by Crippen LogP contribution is -2.33. The highest BCUT2D eigenvalue weighted by Crippen LogP contribution is 2.32. The van der Waals surface area contributed by atoms with E-state index in [1.807, 2.05) is 0 Å². The van der Waals surface area contributed by atoms with Crippen LogP contribution in [0.1, 0.15) is 45.7 Å². The zero-order valence-corrected chi connectivity index (χ0v) is 16.0. The van der Waals surface area contributed by atoms with E-state index in [2.05, 4.69) is 20.3 Å². The van der Waals surface area contributed by atoms with E-state index < -0.39 is 17.8 Å². The molecule has 1 aliphatic rings. The van der Waals surface area contributed by atoms with Crippen molar-refractivity contribution in [2.45, 2.75) is 58.6 Å². The molecule has 0 bridgehead atoms. The lowest BCUT2D eigenvalue weighted by atomic mass is 9.97. The van der Waals surface area contributed by atoms with Crippen LogP contribution in [0.2, 0.25) is 0 Å². The second-order valence-corrected chi connectivity index (χ2v) is 7.93. The molecular formula is C18H27N5O4. The average molecular weight is 377 g/mol. The predicted octanol–water partition coefficient (Wildman–Crippen LogP) is 1.26. The highest BCUT2D eigenvalue weighted by atomic mass is 16.7. The van der Waals surface area contributed by atoms with Crippen LogP contribution >= 0.6 is 0 Å².